The smallest absolute Gasteiger partial charge is 0.234 e. The summed E-state index contributed by atoms with van der Waals surface area (Å²) in [7, 11) is 0. The third kappa shape index (κ3) is 6.57. The minimum absolute atomic E-state index is 0.00851. The van der Waals surface area contributed by atoms with Crippen LogP contribution in [0.25, 0.3) is 0 Å². The second-order valence-corrected chi connectivity index (χ2v) is 6.50. The molecule has 1 aromatic carbocycles. The van der Waals surface area contributed by atoms with E-state index in [2.05, 4.69) is 20.4 Å². The Kier molecular flexibility index (Phi) is 7.74. The molecule has 1 aromatic rings. The van der Waals surface area contributed by atoms with Crippen LogP contribution in [0.4, 0.5) is 5.69 Å². The molecule has 2 N–H and O–H groups in total. The molecule has 1 heterocycles. The molecule has 1 saturated heterocycles. The fourth-order valence-electron chi connectivity index (χ4n) is 2.90. The zero-order valence-corrected chi connectivity index (χ0v) is 15.6. The van der Waals surface area contributed by atoms with Crippen molar-refractivity contribution < 1.29 is 14.4 Å². The number of Topliss-reactive ketones (excluding diaryl/α,β-unsaturated/α-hetero) is 1. The lowest BCUT2D eigenvalue weighted by molar-refractivity contribution is -0.122. The molecule has 1 aliphatic rings. The van der Waals surface area contributed by atoms with Crippen LogP contribution >= 0.6 is 0 Å². The van der Waals surface area contributed by atoms with E-state index in [1.54, 1.807) is 24.3 Å². The molecule has 0 aromatic heterocycles. The van der Waals surface area contributed by atoms with Crippen molar-refractivity contribution in [3.05, 3.63) is 29.8 Å². The Hall–Kier alpha value is -2.25. The monoisotopic (exact) mass is 360 g/mol. The van der Waals surface area contributed by atoms with Gasteiger partial charge in [0.25, 0.3) is 0 Å². The quantitative estimate of drug-likeness (QED) is 0.675. The number of amides is 2. The van der Waals surface area contributed by atoms with Crippen LogP contribution in [-0.4, -0.2) is 73.2 Å². The molecule has 2 rings (SSSR count). The van der Waals surface area contributed by atoms with Gasteiger partial charge in [0.15, 0.2) is 5.78 Å². The van der Waals surface area contributed by atoms with Crippen LogP contribution in [0.5, 0.6) is 0 Å². The van der Waals surface area contributed by atoms with Gasteiger partial charge in [0.05, 0.1) is 6.54 Å². The van der Waals surface area contributed by atoms with Crippen LogP contribution in [0.2, 0.25) is 0 Å². The van der Waals surface area contributed by atoms with Gasteiger partial charge in [0.1, 0.15) is 0 Å². The number of hydrogen-bond acceptors (Lipinski definition) is 5. The Morgan fingerprint density at radius 1 is 0.962 bits per heavy atom. The minimum Gasteiger partial charge on any atom is -0.355 e. The van der Waals surface area contributed by atoms with E-state index >= 15 is 0 Å². The Morgan fingerprint density at radius 2 is 1.58 bits per heavy atom. The van der Waals surface area contributed by atoms with Crippen molar-refractivity contribution in [1.82, 2.24) is 15.1 Å². The standard InChI is InChI=1S/C19H28N4O3/c1-3-20-19(26)14-23-12-10-22(11-13-23)9-8-18(25)21-17-6-4-16(5-7-17)15(2)24/h4-7H,3,8-14H2,1-2H3,(H,20,26)(H,21,25). The van der Waals surface area contributed by atoms with Gasteiger partial charge in [-0.15, -0.1) is 0 Å². The maximum atomic E-state index is 12.1. The summed E-state index contributed by atoms with van der Waals surface area (Å²) in [6.07, 6.45) is 0.421. The molecule has 0 atom stereocenters. The highest BCUT2D eigenvalue weighted by Gasteiger charge is 2.19. The van der Waals surface area contributed by atoms with E-state index in [9.17, 15) is 14.4 Å². The van der Waals surface area contributed by atoms with Crippen LogP contribution < -0.4 is 10.6 Å². The van der Waals surface area contributed by atoms with Gasteiger partial charge in [0.2, 0.25) is 11.8 Å². The number of rotatable bonds is 8. The first-order valence-electron chi connectivity index (χ1n) is 9.10. The zero-order valence-electron chi connectivity index (χ0n) is 15.6. The number of piperazine rings is 1. The number of hydrogen-bond donors (Lipinski definition) is 2. The van der Waals surface area contributed by atoms with Crippen LogP contribution in [0, 0.1) is 0 Å². The van der Waals surface area contributed by atoms with Gasteiger partial charge in [-0.1, -0.05) is 0 Å². The first kappa shape index (κ1) is 20.1. The summed E-state index contributed by atoms with van der Waals surface area (Å²) in [4.78, 5) is 39.3. The van der Waals surface area contributed by atoms with Crippen molar-refractivity contribution >= 4 is 23.3 Å². The summed E-state index contributed by atoms with van der Waals surface area (Å²) in [6.45, 7) is 8.63. The summed E-state index contributed by atoms with van der Waals surface area (Å²) in [5.41, 5.74) is 1.33. The molecule has 0 saturated carbocycles. The predicted octanol–water partition coefficient (Wildman–Crippen LogP) is 0.972. The summed E-state index contributed by atoms with van der Waals surface area (Å²) in [5.74, 6) is 0.0376. The average Bonchev–Trinajstić information content (AvgIpc) is 2.62. The van der Waals surface area contributed by atoms with Gasteiger partial charge < -0.3 is 15.5 Å². The highest BCUT2D eigenvalue weighted by Crippen LogP contribution is 2.11. The van der Waals surface area contributed by atoms with Crippen molar-refractivity contribution in [2.24, 2.45) is 0 Å². The largest absolute Gasteiger partial charge is 0.355 e. The number of nitrogens with one attached hydrogen (secondary N) is 2. The maximum absolute atomic E-state index is 12.1. The molecular formula is C19H28N4O3. The molecule has 142 valence electrons. The Balaban J connectivity index is 1.67. The van der Waals surface area contributed by atoms with E-state index in [4.69, 9.17) is 0 Å². The molecule has 7 heteroatoms. The van der Waals surface area contributed by atoms with Crippen molar-refractivity contribution in [1.29, 1.82) is 0 Å². The second kappa shape index (κ2) is 10.0. The Morgan fingerprint density at radius 3 is 2.15 bits per heavy atom. The number of nitrogens with zero attached hydrogens (tertiary/aromatic N) is 2. The molecule has 0 radical (unpaired) electrons. The number of anilines is 1. The van der Waals surface area contributed by atoms with Crippen LogP contribution in [0.1, 0.15) is 30.6 Å². The molecule has 26 heavy (non-hydrogen) atoms. The molecule has 0 spiro atoms. The summed E-state index contributed by atoms with van der Waals surface area (Å²) < 4.78 is 0. The molecule has 7 nitrogen and oxygen atoms in total. The fourth-order valence-corrected chi connectivity index (χ4v) is 2.90. The average molecular weight is 360 g/mol. The van der Waals surface area contributed by atoms with E-state index < -0.39 is 0 Å². The van der Waals surface area contributed by atoms with Crippen molar-refractivity contribution in [2.45, 2.75) is 20.3 Å². The lowest BCUT2D eigenvalue weighted by Crippen LogP contribution is -2.49. The maximum Gasteiger partial charge on any atom is 0.234 e. The van der Waals surface area contributed by atoms with Crippen LogP contribution in [0.15, 0.2) is 24.3 Å². The normalized spacial score (nSPS) is 15.5. The zero-order chi connectivity index (χ0) is 18.9. The number of benzene rings is 1. The number of carbonyl (C=O) groups is 3. The van der Waals surface area contributed by atoms with Gasteiger partial charge in [-0.2, -0.15) is 0 Å². The first-order chi connectivity index (χ1) is 12.5. The molecule has 0 bridgehead atoms. The number of ketones is 1. The van der Waals surface area contributed by atoms with Gasteiger partial charge >= 0.3 is 0 Å². The number of likely N-dealkylation sites (N-methyl/N-ethyl adjacent to an activating group) is 1. The van der Waals surface area contributed by atoms with Gasteiger partial charge in [-0.25, -0.2) is 0 Å². The van der Waals surface area contributed by atoms with E-state index in [1.807, 2.05) is 6.92 Å². The van der Waals surface area contributed by atoms with E-state index in [0.717, 1.165) is 26.2 Å². The van der Waals surface area contributed by atoms with E-state index in [-0.39, 0.29) is 17.6 Å². The lowest BCUT2D eigenvalue weighted by atomic mass is 10.1. The predicted molar refractivity (Wildman–Crippen MR) is 101 cm³/mol. The van der Waals surface area contributed by atoms with Crippen molar-refractivity contribution in [3.63, 3.8) is 0 Å². The Labute approximate surface area is 154 Å². The molecule has 0 unspecified atom stereocenters. The minimum atomic E-state index is -0.0367. The highest BCUT2D eigenvalue weighted by molar-refractivity contribution is 5.95. The van der Waals surface area contributed by atoms with Crippen LogP contribution in [0.3, 0.4) is 0 Å². The molecule has 1 aliphatic heterocycles. The van der Waals surface area contributed by atoms with E-state index in [0.29, 0.717) is 37.3 Å². The van der Waals surface area contributed by atoms with Crippen molar-refractivity contribution in [2.75, 3.05) is 51.1 Å². The van der Waals surface area contributed by atoms with Gasteiger partial charge in [-0.3, -0.25) is 19.3 Å². The van der Waals surface area contributed by atoms with E-state index in [1.165, 1.54) is 6.92 Å². The summed E-state index contributed by atoms with van der Waals surface area (Å²) >= 11 is 0. The third-order valence-corrected chi connectivity index (χ3v) is 4.44. The number of carbonyl (C=O) groups excluding carboxylic acids is 3. The van der Waals surface area contributed by atoms with Gasteiger partial charge in [0, 0.05) is 56.9 Å². The lowest BCUT2D eigenvalue weighted by Gasteiger charge is -2.34. The summed E-state index contributed by atoms with van der Waals surface area (Å²) in [5, 5.41) is 5.67. The molecule has 0 aliphatic carbocycles. The first-order valence-corrected chi connectivity index (χ1v) is 9.10. The summed E-state index contributed by atoms with van der Waals surface area (Å²) in [6, 6.07) is 6.92. The third-order valence-electron chi connectivity index (χ3n) is 4.44. The molecule has 1 fully saturated rings. The highest BCUT2D eigenvalue weighted by atomic mass is 16.2. The second-order valence-electron chi connectivity index (χ2n) is 6.50. The Bertz CT molecular complexity index is 622. The topological polar surface area (TPSA) is 81.8 Å². The van der Waals surface area contributed by atoms with Crippen molar-refractivity contribution in [3.8, 4) is 0 Å². The fraction of sp³-hybridized carbons (Fsp3) is 0.526. The SMILES string of the molecule is CCNC(=O)CN1CCN(CCC(=O)Nc2ccc(C(C)=O)cc2)CC1. The van der Waals surface area contributed by atoms with Gasteiger partial charge in [-0.05, 0) is 38.1 Å². The molecule has 2 amide bonds. The van der Waals surface area contributed by atoms with Crippen LogP contribution in [-0.2, 0) is 9.59 Å². The molecular weight excluding hydrogens is 332 g/mol.